The molecule has 0 spiro atoms. The fourth-order valence-corrected chi connectivity index (χ4v) is 5.71. The van der Waals surface area contributed by atoms with Crippen molar-refractivity contribution < 1.29 is 22.7 Å². The largest absolute Gasteiger partial charge is 0.495 e. The molecule has 0 radical (unpaired) electrons. The zero-order chi connectivity index (χ0) is 29.4. The Bertz CT molecular complexity index is 1440. The van der Waals surface area contributed by atoms with Gasteiger partial charge in [0.1, 0.15) is 18.3 Å². The minimum atomic E-state index is -4.18. The molecule has 0 fully saturated rings. The van der Waals surface area contributed by atoms with E-state index in [9.17, 15) is 18.0 Å². The minimum Gasteiger partial charge on any atom is -0.495 e. The van der Waals surface area contributed by atoms with Gasteiger partial charge in [0.15, 0.2) is 0 Å². The molecule has 40 heavy (non-hydrogen) atoms. The molecule has 8 nitrogen and oxygen atoms in total. The third kappa shape index (κ3) is 7.21. The van der Waals surface area contributed by atoms with Gasteiger partial charge in [-0.05, 0) is 75.1 Å². The van der Waals surface area contributed by atoms with Gasteiger partial charge < -0.3 is 15.0 Å². The van der Waals surface area contributed by atoms with E-state index in [0.29, 0.717) is 12.3 Å². The highest BCUT2D eigenvalue weighted by Crippen LogP contribution is 2.34. The first-order valence-electron chi connectivity index (χ1n) is 13.3. The first-order chi connectivity index (χ1) is 19.0. The monoisotopic (exact) mass is 565 g/mol. The number of nitrogens with one attached hydrogen (secondary N) is 1. The third-order valence-corrected chi connectivity index (χ3v) is 8.58. The molecule has 0 aliphatic heterocycles. The van der Waals surface area contributed by atoms with Gasteiger partial charge in [0.05, 0.1) is 17.7 Å². The lowest BCUT2D eigenvalue weighted by atomic mass is 10.1. The van der Waals surface area contributed by atoms with E-state index in [1.165, 1.54) is 24.1 Å². The summed E-state index contributed by atoms with van der Waals surface area (Å²) in [6.07, 6.45) is 0.750. The number of anilines is 1. The molecule has 0 aliphatic carbocycles. The molecule has 3 aromatic rings. The van der Waals surface area contributed by atoms with Crippen LogP contribution in [0.3, 0.4) is 0 Å². The number of amides is 2. The van der Waals surface area contributed by atoms with Gasteiger partial charge in [-0.15, -0.1) is 0 Å². The van der Waals surface area contributed by atoms with Gasteiger partial charge in [-0.2, -0.15) is 0 Å². The SMILES string of the molecule is CCCNC(=O)[C@H](C)N(Cc1ccccc1C)C(=O)CN(c1cc(C)ccc1OC)S(=O)(=O)c1ccc(C)cc1. The maximum absolute atomic E-state index is 14.1. The van der Waals surface area contributed by atoms with E-state index in [4.69, 9.17) is 4.74 Å². The smallest absolute Gasteiger partial charge is 0.264 e. The summed E-state index contributed by atoms with van der Waals surface area (Å²) in [6, 6.07) is 18.4. The Kier molecular flexibility index (Phi) is 10.3. The van der Waals surface area contributed by atoms with Crippen LogP contribution in [0.15, 0.2) is 71.6 Å². The summed E-state index contributed by atoms with van der Waals surface area (Å²) in [5.74, 6) is -0.500. The standard InChI is InChI=1S/C31H39N3O5S/c1-7-18-32-31(36)25(5)33(20-26-11-9-8-10-24(26)4)30(35)21-34(28-19-23(3)14-17-29(28)39-6)40(37,38)27-15-12-22(2)13-16-27/h8-17,19,25H,7,18,20-21H2,1-6H3,(H,32,36)/t25-/m0/s1. The Morgan fingerprint density at radius 1 is 0.950 bits per heavy atom. The zero-order valence-electron chi connectivity index (χ0n) is 24.1. The van der Waals surface area contributed by atoms with Crippen molar-refractivity contribution in [1.82, 2.24) is 10.2 Å². The number of methoxy groups -OCH3 is 1. The Morgan fingerprint density at radius 2 is 1.60 bits per heavy atom. The van der Waals surface area contributed by atoms with Crippen LogP contribution in [0.25, 0.3) is 0 Å². The van der Waals surface area contributed by atoms with Crippen LogP contribution < -0.4 is 14.4 Å². The summed E-state index contributed by atoms with van der Waals surface area (Å²) in [6.45, 7) is 9.36. The summed E-state index contributed by atoms with van der Waals surface area (Å²) in [5, 5.41) is 2.86. The fourth-order valence-electron chi connectivity index (χ4n) is 4.30. The molecule has 0 heterocycles. The molecule has 0 saturated heterocycles. The Labute approximate surface area is 238 Å². The van der Waals surface area contributed by atoms with Crippen LogP contribution in [0.4, 0.5) is 5.69 Å². The van der Waals surface area contributed by atoms with Crippen LogP contribution >= 0.6 is 0 Å². The van der Waals surface area contributed by atoms with Crippen molar-refractivity contribution in [1.29, 1.82) is 0 Å². The Morgan fingerprint density at radius 3 is 2.23 bits per heavy atom. The molecule has 0 bridgehead atoms. The van der Waals surface area contributed by atoms with Crippen molar-refractivity contribution in [3.8, 4) is 5.75 Å². The summed E-state index contributed by atoms with van der Waals surface area (Å²) in [7, 11) is -2.73. The molecule has 3 rings (SSSR count). The lowest BCUT2D eigenvalue weighted by Gasteiger charge is -2.32. The molecule has 0 saturated carbocycles. The van der Waals surface area contributed by atoms with Gasteiger partial charge in [-0.25, -0.2) is 8.42 Å². The number of aryl methyl sites for hydroxylation is 3. The minimum absolute atomic E-state index is 0.0497. The second kappa shape index (κ2) is 13.5. The van der Waals surface area contributed by atoms with Crippen molar-refractivity contribution in [3.63, 3.8) is 0 Å². The molecule has 9 heteroatoms. The van der Waals surface area contributed by atoms with E-state index in [0.717, 1.165) is 33.0 Å². The average Bonchev–Trinajstić information content (AvgIpc) is 2.93. The van der Waals surface area contributed by atoms with Crippen molar-refractivity contribution in [2.45, 2.75) is 58.5 Å². The highest BCUT2D eigenvalue weighted by molar-refractivity contribution is 7.92. The summed E-state index contributed by atoms with van der Waals surface area (Å²) >= 11 is 0. The van der Waals surface area contributed by atoms with Gasteiger partial charge >= 0.3 is 0 Å². The number of benzene rings is 3. The van der Waals surface area contributed by atoms with E-state index < -0.39 is 28.5 Å². The van der Waals surface area contributed by atoms with Gasteiger partial charge in [0.2, 0.25) is 11.8 Å². The Balaban J connectivity index is 2.10. The average molecular weight is 566 g/mol. The number of ether oxygens (including phenoxy) is 1. The van der Waals surface area contributed by atoms with Crippen molar-refractivity contribution in [2.24, 2.45) is 0 Å². The number of nitrogens with zero attached hydrogens (tertiary/aromatic N) is 2. The van der Waals surface area contributed by atoms with Crippen molar-refractivity contribution in [2.75, 3.05) is 24.5 Å². The van der Waals surface area contributed by atoms with Crippen LogP contribution in [0.5, 0.6) is 5.75 Å². The molecule has 2 amide bonds. The second-order valence-corrected chi connectivity index (χ2v) is 11.8. The van der Waals surface area contributed by atoms with Crippen LogP contribution in [0.2, 0.25) is 0 Å². The van der Waals surface area contributed by atoms with Gasteiger partial charge in [-0.1, -0.05) is 55.0 Å². The van der Waals surface area contributed by atoms with Crippen molar-refractivity contribution >= 4 is 27.5 Å². The quantitative estimate of drug-likeness (QED) is 0.342. The maximum atomic E-state index is 14.1. The molecule has 1 N–H and O–H groups in total. The van der Waals surface area contributed by atoms with E-state index in [-0.39, 0.29) is 23.0 Å². The molecular formula is C31H39N3O5S. The summed E-state index contributed by atoms with van der Waals surface area (Å²) < 4.78 is 34.7. The summed E-state index contributed by atoms with van der Waals surface area (Å²) in [4.78, 5) is 28.6. The first-order valence-corrected chi connectivity index (χ1v) is 14.8. The number of carbonyl (C=O) groups is 2. The lowest BCUT2D eigenvalue weighted by Crippen LogP contribution is -2.51. The third-order valence-electron chi connectivity index (χ3n) is 6.81. The molecule has 1 atom stereocenters. The van der Waals surface area contributed by atoms with Crippen LogP contribution in [-0.4, -0.2) is 51.4 Å². The number of hydrogen-bond acceptors (Lipinski definition) is 5. The number of sulfonamides is 1. The second-order valence-electron chi connectivity index (χ2n) is 9.92. The van der Waals surface area contributed by atoms with Crippen LogP contribution in [0, 0.1) is 20.8 Å². The molecule has 0 aliphatic rings. The van der Waals surface area contributed by atoms with E-state index >= 15 is 0 Å². The number of rotatable bonds is 12. The van der Waals surface area contributed by atoms with E-state index in [1.54, 1.807) is 31.2 Å². The zero-order valence-corrected chi connectivity index (χ0v) is 24.9. The Hall–Kier alpha value is -3.85. The normalized spacial score (nSPS) is 11.9. The highest BCUT2D eigenvalue weighted by atomic mass is 32.2. The summed E-state index contributed by atoms with van der Waals surface area (Å²) in [5.41, 5.74) is 3.79. The molecule has 0 aromatic heterocycles. The van der Waals surface area contributed by atoms with Crippen LogP contribution in [0.1, 0.15) is 42.5 Å². The molecule has 3 aromatic carbocycles. The number of carbonyl (C=O) groups excluding carboxylic acids is 2. The van der Waals surface area contributed by atoms with Crippen LogP contribution in [-0.2, 0) is 26.2 Å². The van der Waals surface area contributed by atoms with Gasteiger partial charge in [0.25, 0.3) is 10.0 Å². The van der Waals surface area contributed by atoms with E-state index in [2.05, 4.69) is 5.32 Å². The molecule has 0 unspecified atom stereocenters. The highest BCUT2D eigenvalue weighted by Gasteiger charge is 2.34. The van der Waals surface area contributed by atoms with E-state index in [1.807, 2.05) is 58.0 Å². The number of hydrogen-bond donors (Lipinski definition) is 1. The molecule has 214 valence electrons. The fraction of sp³-hybridized carbons (Fsp3) is 0.355. The lowest BCUT2D eigenvalue weighted by molar-refractivity contribution is -0.139. The van der Waals surface area contributed by atoms with Gasteiger partial charge in [-0.3, -0.25) is 13.9 Å². The van der Waals surface area contributed by atoms with Crippen molar-refractivity contribution in [3.05, 3.63) is 89.0 Å². The van der Waals surface area contributed by atoms with Gasteiger partial charge in [0, 0.05) is 13.1 Å². The topological polar surface area (TPSA) is 96.0 Å². The predicted molar refractivity (Wildman–Crippen MR) is 158 cm³/mol. The molecular weight excluding hydrogens is 526 g/mol. The first kappa shape index (κ1) is 30.7. The predicted octanol–water partition coefficient (Wildman–Crippen LogP) is 4.76. The maximum Gasteiger partial charge on any atom is 0.264 e.